The summed E-state index contributed by atoms with van der Waals surface area (Å²) in [5.74, 6) is 1.56. The number of para-hydroxylation sites is 1. The molecule has 112 valence electrons. The molecule has 0 bridgehead atoms. The van der Waals surface area contributed by atoms with E-state index >= 15 is 0 Å². The summed E-state index contributed by atoms with van der Waals surface area (Å²) in [7, 11) is 0. The summed E-state index contributed by atoms with van der Waals surface area (Å²) < 4.78 is 11.1. The first-order valence-corrected chi connectivity index (χ1v) is 7.90. The van der Waals surface area contributed by atoms with Gasteiger partial charge in [-0.1, -0.05) is 31.0 Å². The van der Waals surface area contributed by atoms with Crippen LogP contribution < -0.4 is 4.74 Å². The van der Waals surface area contributed by atoms with Gasteiger partial charge in [0.1, 0.15) is 5.75 Å². The fourth-order valence-electron chi connectivity index (χ4n) is 3.54. The molecule has 0 saturated heterocycles. The molecule has 3 nitrogen and oxygen atoms in total. The molecule has 0 spiro atoms. The summed E-state index contributed by atoms with van der Waals surface area (Å²) in [6.07, 6.45) is 6.49. The normalized spacial score (nSPS) is 26.2. The second kappa shape index (κ2) is 6.33. The zero-order chi connectivity index (χ0) is 14.7. The van der Waals surface area contributed by atoms with Crippen molar-refractivity contribution in [2.24, 2.45) is 11.8 Å². The Morgan fingerprint density at radius 1 is 1.33 bits per heavy atom. The van der Waals surface area contributed by atoms with Gasteiger partial charge in [-0.25, -0.2) is 4.79 Å². The predicted molar refractivity (Wildman–Crippen MR) is 82.0 cm³/mol. The second-order valence-electron chi connectivity index (χ2n) is 5.81. The molecule has 1 aliphatic heterocycles. The Morgan fingerprint density at radius 2 is 2.14 bits per heavy atom. The Balaban J connectivity index is 2.02. The number of ether oxygens (including phenoxy) is 2. The lowest BCUT2D eigenvalue weighted by Crippen LogP contribution is -2.24. The molecule has 3 rings (SSSR count). The lowest BCUT2D eigenvalue weighted by molar-refractivity contribution is -0.137. The third kappa shape index (κ3) is 2.97. The van der Waals surface area contributed by atoms with Crippen LogP contribution in [0.1, 0.15) is 38.2 Å². The molecule has 2 atom stereocenters. The van der Waals surface area contributed by atoms with Crippen LogP contribution in [0.15, 0.2) is 30.3 Å². The number of benzene rings is 1. The first-order chi connectivity index (χ1) is 10.3. The van der Waals surface area contributed by atoms with E-state index < -0.39 is 0 Å². The lowest BCUT2D eigenvalue weighted by Gasteiger charge is -2.30. The molecule has 0 unspecified atom stereocenters. The minimum atomic E-state index is -0.242. The van der Waals surface area contributed by atoms with Crippen LogP contribution in [0, 0.1) is 11.8 Å². The van der Waals surface area contributed by atoms with E-state index in [0.717, 1.165) is 29.9 Å². The van der Waals surface area contributed by atoms with Crippen LogP contribution in [-0.2, 0) is 9.53 Å². The Labute approximate surface area is 125 Å². The van der Waals surface area contributed by atoms with Crippen molar-refractivity contribution in [1.29, 1.82) is 0 Å². The highest BCUT2D eigenvalue weighted by atomic mass is 16.5. The molecule has 1 aromatic rings. The molecule has 1 saturated carbocycles. The maximum atomic E-state index is 12.0. The smallest absolute Gasteiger partial charge is 0.331 e. The second-order valence-corrected chi connectivity index (χ2v) is 5.81. The summed E-state index contributed by atoms with van der Waals surface area (Å²) in [6.45, 7) is 3.00. The Bertz CT molecular complexity index is 547. The monoisotopic (exact) mass is 286 g/mol. The average Bonchev–Trinajstić information content (AvgIpc) is 2.66. The number of allylic oxidation sites excluding steroid dienone is 1. The number of rotatable bonds is 2. The van der Waals surface area contributed by atoms with E-state index in [4.69, 9.17) is 9.47 Å². The van der Waals surface area contributed by atoms with Crippen LogP contribution in [0.25, 0.3) is 5.57 Å². The van der Waals surface area contributed by atoms with Crippen molar-refractivity contribution in [2.45, 2.75) is 32.6 Å². The zero-order valence-corrected chi connectivity index (χ0v) is 12.5. The third-order valence-electron chi connectivity index (χ3n) is 4.52. The molecule has 1 heterocycles. The van der Waals surface area contributed by atoms with Gasteiger partial charge in [-0.3, -0.25) is 0 Å². The van der Waals surface area contributed by atoms with Crippen molar-refractivity contribution in [3.63, 3.8) is 0 Å². The summed E-state index contributed by atoms with van der Waals surface area (Å²) in [6, 6.07) is 8.03. The molecule has 21 heavy (non-hydrogen) atoms. The van der Waals surface area contributed by atoms with Gasteiger partial charge >= 0.3 is 5.97 Å². The summed E-state index contributed by atoms with van der Waals surface area (Å²) in [5, 5.41) is 0. The molecule has 0 aromatic heterocycles. The van der Waals surface area contributed by atoms with Crippen LogP contribution in [0.3, 0.4) is 0 Å². The van der Waals surface area contributed by atoms with Crippen molar-refractivity contribution in [2.75, 3.05) is 13.2 Å². The van der Waals surface area contributed by atoms with Gasteiger partial charge in [0.2, 0.25) is 0 Å². The van der Waals surface area contributed by atoms with Crippen LogP contribution in [-0.4, -0.2) is 19.2 Å². The highest BCUT2D eigenvalue weighted by molar-refractivity contribution is 5.93. The first-order valence-electron chi connectivity index (χ1n) is 7.90. The molecular weight excluding hydrogens is 264 g/mol. The van der Waals surface area contributed by atoms with Crippen LogP contribution >= 0.6 is 0 Å². The van der Waals surface area contributed by atoms with E-state index in [1.807, 2.05) is 25.1 Å². The molecule has 0 N–H and O–H groups in total. The van der Waals surface area contributed by atoms with E-state index in [9.17, 15) is 4.79 Å². The Hall–Kier alpha value is -1.77. The van der Waals surface area contributed by atoms with E-state index in [2.05, 4.69) is 6.07 Å². The van der Waals surface area contributed by atoms with Gasteiger partial charge in [0.25, 0.3) is 0 Å². The maximum absolute atomic E-state index is 12.0. The van der Waals surface area contributed by atoms with Crippen molar-refractivity contribution >= 4 is 11.5 Å². The quantitative estimate of drug-likeness (QED) is 0.612. The van der Waals surface area contributed by atoms with Gasteiger partial charge in [0.15, 0.2) is 0 Å². The largest absolute Gasteiger partial charge is 0.493 e. The minimum Gasteiger partial charge on any atom is -0.493 e. The summed E-state index contributed by atoms with van der Waals surface area (Å²) in [4.78, 5) is 12.0. The average molecular weight is 286 g/mol. The van der Waals surface area contributed by atoms with Crippen molar-refractivity contribution < 1.29 is 14.3 Å². The highest BCUT2D eigenvalue weighted by Gasteiger charge is 2.33. The van der Waals surface area contributed by atoms with Gasteiger partial charge in [-0.15, -0.1) is 0 Å². The maximum Gasteiger partial charge on any atom is 0.331 e. The van der Waals surface area contributed by atoms with Crippen molar-refractivity contribution in [1.82, 2.24) is 0 Å². The van der Waals surface area contributed by atoms with Crippen molar-refractivity contribution in [3.05, 3.63) is 35.9 Å². The molecule has 2 aliphatic rings. The third-order valence-corrected chi connectivity index (χ3v) is 4.52. The standard InChI is InChI=1S/C18H22O3/c1-2-20-18(19)11-16-14-8-4-3-7-13(14)12-21-17-10-6-5-9-15(16)17/h5-6,9-11,13-14H,2-4,7-8,12H2,1H3/b16-11-/t13-,14-/m0/s1. The molecule has 0 amide bonds. The fraction of sp³-hybridized carbons (Fsp3) is 0.500. The topological polar surface area (TPSA) is 35.5 Å². The number of esters is 1. The molecular formula is C18H22O3. The number of carbonyl (C=O) groups is 1. The van der Waals surface area contributed by atoms with Crippen LogP contribution in [0.5, 0.6) is 5.75 Å². The number of hydrogen-bond acceptors (Lipinski definition) is 3. The zero-order valence-electron chi connectivity index (χ0n) is 12.5. The SMILES string of the molecule is CCOC(=O)/C=C1\c2ccccc2OC[C@@H]2CCCC[C@H]12. The van der Waals surface area contributed by atoms with Crippen LogP contribution in [0.2, 0.25) is 0 Å². The minimum absolute atomic E-state index is 0.242. The van der Waals surface area contributed by atoms with E-state index in [1.54, 1.807) is 6.08 Å². The van der Waals surface area contributed by atoms with E-state index in [0.29, 0.717) is 18.4 Å². The van der Waals surface area contributed by atoms with Gasteiger partial charge < -0.3 is 9.47 Å². The molecule has 3 heteroatoms. The number of fused-ring (bicyclic) bond motifs is 2. The summed E-state index contributed by atoms with van der Waals surface area (Å²) >= 11 is 0. The van der Waals surface area contributed by atoms with Gasteiger partial charge in [-0.05, 0) is 43.2 Å². The van der Waals surface area contributed by atoms with Crippen molar-refractivity contribution in [3.8, 4) is 5.75 Å². The van der Waals surface area contributed by atoms with Gasteiger partial charge in [-0.2, -0.15) is 0 Å². The molecule has 1 aromatic carbocycles. The fourth-order valence-corrected chi connectivity index (χ4v) is 3.54. The van der Waals surface area contributed by atoms with Gasteiger partial charge in [0.05, 0.1) is 13.2 Å². The predicted octanol–water partition coefficient (Wildman–Crippen LogP) is 3.83. The Morgan fingerprint density at radius 3 is 3.00 bits per heavy atom. The van der Waals surface area contributed by atoms with E-state index in [-0.39, 0.29) is 5.97 Å². The molecule has 1 fully saturated rings. The molecule has 0 radical (unpaired) electrons. The highest BCUT2D eigenvalue weighted by Crippen LogP contribution is 2.44. The molecule has 1 aliphatic carbocycles. The van der Waals surface area contributed by atoms with Crippen LogP contribution in [0.4, 0.5) is 0 Å². The van der Waals surface area contributed by atoms with Gasteiger partial charge in [0, 0.05) is 11.6 Å². The Kier molecular flexibility index (Phi) is 4.28. The number of hydrogen-bond donors (Lipinski definition) is 0. The van der Waals surface area contributed by atoms with E-state index in [1.165, 1.54) is 19.3 Å². The summed E-state index contributed by atoms with van der Waals surface area (Å²) in [5.41, 5.74) is 2.16. The first kappa shape index (κ1) is 14.2. The lowest BCUT2D eigenvalue weighted by atomic mass is 9.74. The number of carbonyl (C=O) groups excluding carboxylic acids is 1.